The molecule has 0 radical (unpaired) electrons. The molecule has 3 aromatic rings. The van der Waals surface area contributed by atoms with Crippen molar-refractivity contribution in [2.75, 3.05) is 12.0 Å². The number of benzene rings is 2. The van der Waals surface area contributed by atoms with Gasteiger partial charge in [0.25, 0.3) is 5.78 Å². The lowest BCUT2D eigenvalue weighted by molar-refractivity contribution is -0.132. The third-order valence-electron chi connectivity index (χ3n) is 4.55. The van der Waals surface area contributed by atoms with E-state index in [2.05, 4.69) is 4.98 Å². The number of thiazole rings is 1. The summed E-state index contributed by atoms with van der Waals surface area (Å²) in [6.07, 6.45) is 1.57. The number of methoxy groups -OCH3 is 1. The lowest BCUT2D eigenvalue weighted by atomic mass is 9.95. The van der Waals surface area contributed by atoms with Gasteiger partial charge in [-0.1, -0.05) is 42.5 Å². The Morgan fingerprint density at radius 2 is 1.82 bits per heavy atom. The van der Waals surface area contributed by atoms with E-state index in [4.69, 9.17) is 4.74 Å². The molecular formula is C21H16N2O4S. The van der Waals surface area contributed by atoms with Crippen LogP contribution in [0.4, 0.5) is 5.13 Å². The van der Waals surface area contributed by atoms with Gasteiger partial charge in [-0.05, 0) is 17.7 Å². The number of Topliss-reactive ketones (excluding diaryl/α,β-unsaturated/α-hetero) is 1. The first-order valence-electron chi connectivity index (χ1n) is 8.51. The number of aliphatic hydroxyl groups excluding tert-OH is 1. The van der Waals surface area contributed by atoms with Crippen molar-refractivity contribution in [1.29, 1.82) is 0 Å². The number of rotatable bonds is 4. The van der Waals surface area contributed by atoms with Gasteiger partial charge < -0.3 is 9.84 Å². The van der Waals surface area contributed by atoms with Gasteiger partial charge in [-0.25, -0.2) is 4.98 Å². The predicted molar refractivity (Wildman–Crippen MR) is 106 cm³/mol. The van der Waals surface area contributed by atoms with Crippen molar-refractivity contribution < 1.29 is 19.4 Å². The quantitative estimate of drug-likeness (QED) is 0.415. The standard InChI is InChI=1S/C21H16N2O4S/c1-27-15-9-7-13(8-10-15)17-16(18(24)14-5-3-2-4-6-14)19(25)20(26)23(17)21-22-11-12-28-21/h2-12,17,24H,1H3. The van der Waals surface area contributed by atoms with Gasteiger partial charge in [-0.3, -0.25) is 14.5 Å². The Morgan fingerprint density at radius 3 is 2.43 bits per heavy atom. The van der Waals surface area contributed by atoms with Gasteiger partial charge in [0.2, 0.25) is 0 Å². The molecule has 1 aliphatic rings. The highest BCUT2D eigenvalue weighted by atomic mass is 32.1. The molecule has 4 rings (SSSR count). The average molecular weight is 392 g/mol. The zero-order chi connectivity index (χ0) is 19.7. The second-order valence-electron chi connectivity index (χ2n) is 6.12. The van der Waals surface area contributed by atoms with Crippen LogP contribution < -0.4 is 9.64 Å². The summed E-state index contributed by atoms with van der Waals surface area (Å²) >= 11 is 1.25. The van der Waals surface area contributed by atoms with Crippen LogP contribution in [0.15, 0.2) is 71.7 Å². The first-order valence-corrected chi connectivity index (χ1v) is 9.39. The Kier molecular flexibility index (Phi) is 4.67. The highest BCUT2D eigenvalue weighted by Gasteiger charge is 2.47. The highest BCUT2D eigenvalue weighted by Crippen LogP contribution is 2.42. The summed E-state index contributed by atoms with van der Waals surface area (Å²) in [6.45, 7) is 0. The number of aromatic nitrogens is 1. The number of hydrogen-bond acceptors (Lipinski definition) is 6. The average Bonchev–Trinajstić information content (AvgIpc) is 3.35. The van der Waals surface area contributed by atoms with E-state index in [9.17, 15) is 14.7 Å². The second-order valence-corrected chi connectivity index (χ2v) is 7.00. The van der Waals surface area contributed by atoms with Crippen molar-refractivity contribution in [2.45, 2.75) is 6.04 Å². The third-order valence-corrected chi connectivity index (χ3v) is 5.32. The normalized spacial score (nSPS) is 18.5. The first kappa shape index (κ1) is 17.9. The van der Waals surface area contributed by atoms with E-state index in [1.54, 1.807) is 67.2 Å². The van der Waals surface area contributed by atoms with Crippen LogP contribution in [0.1, 0.15) is 17.2 Å². The molecule has 28 heavy (non-hydrogen) atoms. The molecule has 0 spiro atoms. The second kappa shape index (κ2) is 7.28. The van der Waals surface area contributed by atoms with Gasteiger partial charge in [0.15, 0.2) is 5.13 Å². The van der Waals surface area contributed by atoms with Crippen molar-refractivity contribution >= 4 is 33.9 Å². The van der Waals surface area contributed by atoms with Crippen molar-refractivity contribution in [3.05, 3.63) is 82.9 Å². The first-order chi connectivity index (χ1) is 13.6. The summed E-state index contributed by atoms with van der Waals surface area (Å²) in [6, 6.07) is 15.0. The van der Waals surface area contributed by atoms with Crippen molar-refractivity contribution in [2.24, 2.45) is 0 Å². The molecule has 1 aliphatic heterocycles. The molecule has 1 fully saturated rings. The summed E-state index contributed by atoms with van der Waals surface area (Å²) in [5, 5.41) is 13.0. The van der Waals surface area contributed by atoms with Crippen LogP contribution in [0, 0.1) is 0 Å². The largest absolute Gasteiger partial charge is 0.507 e. The minimum atomic E-state index is -0.780. The smallest absolute Gasteiger partial charge is 0.301 e. The number of ether oxygens (including phenoxy) is 1. The van der Waals surface area contributed by atoms with Crippen LogP contribution in [0.3, 0.4) is 0 Å². The Labute approximate surface area is 165 Å². The Morgan fingerprint density at radius 1 is 1.11 bits per heavy atom. The number of anilines is 1. The number of nitrogens with zero attached hydrogens (tertiary/aromatic N) is 2. The van der Waals surface area contributed by atoms with E-state index in [1.807, 2.05) is 6.07 Å². The fraction of sp³-hybridized carbons (Fsp3) is 0.0952. The fourth-order valence-corrected chi connectivity index (χ4v) is 3.88. The van der Waals surface area contributed by atoms with Gasteiger partial charge in [0.05, 0.1) is 18.7 Å². The molecule has 1 aromatic heterocycles. The van der Waals surface area contributed by atoms with Gasteiger partial charge in [-0.2, -0.15) is 0 Å². The number of carbonyl (C=O) groups is 2. The molecule has 1 N–H and O–H groups in total. The molecule has 1 unspecified atom stereocenters. The van der Waals surface area contributed by atoms with Crippen molar-refractivity contribution in [3.8, 4) is 5.75 Å². The Bertz CT molecular complexity index is 1040. The molecule has 0 bridgehead atoms. The van der Waals surface area contributed by atoms with Gasteiger partial charge >= 0.3 is 5.91 Å². The molecular weight excluding hydrogens is 376 g/mol. The van der Waals surface area contributed by atoms with Crippen LogP contribution >= 0.6 is 11.3 Å². The molecule has 1 atom stereocenters. The summed E-state index contributed by atoms with van der Waals surface area (Å²) < 4.78 is 5.20. The van der Waals surface area contributed by atoms with Crippen LogP contribution in [0.2, 0.25) is 0 Å². The third kappa shape index (κ3) is 2.95. The highest BCUT2D eigenvalue weighted by molar-refractivity contribution is 7.14. The number of aliphatic hydroxyl groups is 1. The van der Waals surface area contributed by atoms with E-state index in [0.717, 1.165) is 0 Å². The van der Waals surface area contributed by atoms with E-state index >= 15 is 0 Å². The molecule has 140 valence electrons. The van der Waals surface area contributed by atoms with Crippen LogP contribution in [0.25, 0.3) is 5.76 Å². The minimum absolute atomic E-state index is 0.0385. The Balaban J connectivity index is 1.92. The van der Waals surface area contributed by atoms with Crippen molar-refractivity contribution in [3.63, 3.8) is 0 Å². The van der Waals surface area contributed by atoms with E-state index < -0.39 is 17.7 Å². The van der Waals surface area contributed by atoms with Crippen LogP contribution in [0.5, 0.6) is 5.75 Å². The SMILES string of the molecule is COc1ccc(C2C(=C(O)c3ccccc3)C(=O)C(=O)N2c2nccs2)cc1. The van der Waals surface area contributed by atoms with E-state index in [-0.39, 0.29) is 11.3 Å². The molecule has 6 nitrogen and oxygen atoms in total. The number of carbonyl (C=O) groups excluding carboxylic acids is 2. The zero-order valence-electron chi connectivity index (χ0n) is 14.9. The van der Waals surface area contributed by atoms with Crippen LogP contribution in [-0.2, 0) is 9.59 Å². The van der Waals surface area contributed by atoms with Gasteiger partial charge in [0, 0.05) is 17.1 Å². The molecule has 2 heterocycles. The Hall–Kier alpha value is -3.45. The van der Waals surface area contributed by atoms with E-state index in [0.29, 0.717) is 22.0 Å². The maximum absolute atomic E-state index is 12.9. The molecule has 0 aliphatic carbocycles. The monoisotopic (exact) mass is 392 g/mol. The predicted octanol–water partition coefficient (Wildman–Crippen LogP) is 3.78. The molecule has 1 amide bonds. The van der Waals surface area contributed by atoms with E-state index in [1.165, 1.54) is 16.2 Å². The summed E-state index contributed by atoms with van der Waals surface area (Å²) in [7, 11) is 1.56. The molecule has 1 saturated heterocycles. The van der Waals surface area contributed by atoms with Crippen LogP contribution in [-0.4, -0.2) is 28.9 Å². The maximum atomic E-state index is 12.9. The molecule has 0 saturated carbocycles. The lowest BCUT2D eigenvalue weighted by Gasteiger charge is -2.23. The zero-order valence-corrected chi connectivity index (χ0v) is 15.7. The number of hydrogen-bond donors (Lipinski definition) is 1. The summed E-state index contributed by atoms with van der Waals surface area (Å²) in [5.74, 6) is -1.01. The minimum Gasteiger partial charge on any atom is -0.507 e. The van der Waals surface area contributed by atoms with Crippen molar-refractivity contribution in [1.82, 2.24) is 4.98 Å². The van der Waals surface area contributed by atoms with Gasteiger partial charge in [-0.15, -0.1) is 11.3 Å². The molecule has 2 aromatic carbocycles. The lowest BCUT2D eigenvalue weighted by Crippen LogP contribution is -2.29. The number of ketones is 1. The topological polar surface area (TPSA) is 79.7 Å². The van der Waals surface area contributed by atoms with Gasteiger partial charge in [0.1, 0.15) is 11.5 Å². The molecule has 7 heteroatoms. The number of amides is 1. The maximum Gasteiger partial charge on any atom is 0.301 e. The summed E-state index contributed by atoms with van der Waals surface area (Å²) in [5.41, 5.74) is 1.18. The summed E-state index contributed by atoms with van der Waals surface area (Å²) in [4.78, 5) is 31.2. The fourth-order valence-electron chi connectivity index (χ4n) is 3.22.